The molecule has 1 unspecified atom stereocenters. The van der Waals surface area contributed by atoms with E-state index in [-0.39, 0.29) is 6.04 Å². The molecule has 3 aliphatic rings. The Kier molecular flexibility index (Phi) is 4.41. The van der Waals surface area contributed by atoms with Gasteiger partial charge in [0.05, 0.1) is 0 Å². The summed E-state index contributed by atoms with van der Waals surface area (Å²) in [6.45, 7) is 0. The van der Waals surface area contributed by atoms with Gasteiger partial charge in [0, 0.05) is 19.6 Å². The number of allylic oxidation sites excluding steroid dienone is 1. The van der Waals surface area contributed by atoms with E-state index in [1.165, 1.54) is 62.0 Å². The molecule has 132 valence electrons. The third kappa shape index (κ3) is 2.84. The zero-order valence-electron chi connectivity index (χ0n) is 14.6. The monoisotopic (exact) mass is 379 g/mol. The van der Waals surface area contributed by atoms with Gasteiger partial charge in [0.1, 0.15) is 6.04 Å². The first-order valence-corrected chi connectivity index (χ1v) is 11.1. The normalized spacial score (nSPS) is 22.4. The summed E-state index contributed by atoms with van der Waals surface area (Å²) >= 11 is 3.69. The Morgan fingerprint density at radius 3 is 2.27 bits per heavy atom. The number of rotatable bonds is 3. The third-order valence-electron chi connectivity index (χ3n) is 5.89. The van der Waals surface area contributed by atoms with Crippen LogP contribution in [-0.2, 0) is 0 Å². The van der Waals surface area contributed by atoms with Crippen LogP contribution in [0.5, 0.6) is 0 Å². The van der Waals surface area contributed by atoms with E-state index in [9.17, 15) is 4.91 Å². The third-order valence-corrected chi connectivity index (χ3v) is 8.43. The van der Waals surface area contributed by atoms with Crippen molar-refractivity contribution in [3.63, 3.8) is 0 Å². The summed E-state index contributed by atoms with van der Waals surface area (Å²) in [7, 11) is 0. The van der Waals surface area contributed by atoms with Gasteiger partial charge in [-0.25, -0.2) is 0 Å². The molecular weight excluding hydrogens is 358 g/mol. The van der Waals surface area contributed by atoms with Crippen LogP contribution >= 0.6 is 23.5 Å². The van der Waals surface area contributed by atoms with Crippen molar-refractivity contribution >= 4 is 29.1 Å². The fourth-order valence-electron chi connectivity index (χ4n) is 4.66. The molecule has 1 saturated carbocycles. The summed E-state index contributed by atoms with van der Waals surface area (Å²) < 4.78 is 0. The summed E-state index contributed by atoms with van der Waals surface area (Å²) in [5, 5.41) is 3.50. The Balaban J connectivity index is 1.55. The Morgan fingerprint density at radius 1 is 0.846 bits per heavy atom. The van der Waals surface area contributed by atoms with Gasteiger partial charge in [-0.15, -0.1) is 0 Å². The highest BCUT2D eigenvalue weighted by atomic mass is 32.2. The molecule has 1 aliphatic heterocycles. The quantitative estimate of drug-likeness (QED) is 0.452. The van der Waals surface area contributed by atoms with Crippen LogP contribution in [0.3, 0.4) is 0 Å². The van der Waals surface area contributed by atoms with Gasteiger partial charge in [-0.2, -0.15) is 4.91 Å². The number of hydrogen-bond donors (Lipinski definition) is 0. The SMILES string of the molecule is O=NC1CCC(C2CCCC2)=C1c1ccc2c(c1)Sc1ccccc1S2. The minimum absolute atomic E-state index is 0.155. The highest BCUT2D eigenvalue weighted by molar-refractivity contribution is 8.05. The maximum absolute atomic E-state index is 11.5. The van der Waals surface area contributed by atoms with Crippen LogP contribution in [0.15, 0.2) is 72.8 Å². The average Bonchev–Trinajstić information content (AvgIpc) is 3.34. The molecule has 0 amide bonds. The minimum atomic E-state index is -0.155. The first-order chi connectivity index (χ1) is 12.8. The number of nitrogens with zero attached hydrogens (tertiary/aromatic N) is 1. The van der Waals surface area contributed by atoms with E-state index in [2.05, 4.69) is 47.6 Å². The maximum Gasteiger partial charge on any atom is 0.118 e. The van der Waals surface area contributed by atoms with E-state index in [0.717, 1.165) is 12.8 Å². The molecule has 4 heteroatoms. The van der Waals surface area contributed by atoms with Crippen LogP contribution in [0.25, 0.3) is 5.57 Å². The molecule has 1 fully saturated rings. The van der Waals surface area contributed by atoms with Crippen molar-refractivity contribution in [2.24, 2.45) is 11.1 Å². The predicted molar refractivity (Wildman–Crippen MR) is 109 cm³/mol. The van der Waals surface area contributed by atoms with E-state index >= 15 is 0 Å². The molecule has 26 heavy (non-hydrogen) atoms. The molecule has 0 spiro atoms. The fraction of sp³-hybridized carbons (Fsp3) is 0.364. The lowest BCUT2D eigenvalue weighted by molar-refractivity contribution is 0.618. The Morgan fingerprint density at radius 2 is 1.54 bits per heavy atom. The molecule has 1 heterocycles. The van der Waals surface area contributed by atoms with Gasteiger partial charge in [-0.05, 0) is 67.0 Å². The van der Waals surface area contributed by atoms with Crippen molar-refractivity contribution in [3.8, 4) is 0 Å². The molecule has 5 rings (SSSR count). The second kappa shape index (κ2) is 6.90. The molecule has 2 nitrogen and oxygen atoms in total. The maximum atomic E-state index is 11.5. The molecule has 0 bridgehead atoms. The van der Waals surface area contributed by atoms with Crippen LogP contribution in [0.2, 0.25) is 0 Å². The van der Waals surface area contributed by atoms with Crippen LogP contribution in [0, 0.1) is 10.8 Å². The van der Waals surface area contributed by atoms with Crippen molar-refractivity contribution in [1.29, 1.82) is 0 Å². The first-order valence-electron chi connectivity index (χ1n) is 9.48. The molecule has 0 aromatic heterocycles. The van der Waals surface area contributed by atoms with Crippen molar-refractivity contribution in [2.75, 3.05) is 0 Å². The van der Waals surface area contributed by atoms with E-state index in [4.69, 9.17) is 0 Å². The van der Waals surface area contributed by atoms with Gasteiger partial charge in [0.25, 0.3) is 0 Å². The second-order valence-corrected chi connectivity index (χ2v) is 9.56. The van der Waals surface area contributed by atoms with Crippen molar-refractivity contribution in [1.82, 2.24) is 0 Å². The average molecular weight is 380 g/mol. The molecule has 2 aromatic carbocycles. The van der Waals surface area contributed by atoms with Crippen molar-refractivity contribution < 1.29 is 0 Å². The minimum Gasteiger partial charge on any atom is -0.150 e. The standard InChI is InChI=1S/C22H21NOS2/c24-23-17-11-10-16(14-5-1-2-6-14)22(17)15-9-12-20-21(13-15)26-19-8-4-3-7-18(19)25-20/h3-4,7-9,12-14,17H,1-2,5-6,10-11H2. The van der Waals surface area contributed by atoms with E-state index < -0.39 is 0 Å². The number of nitroso groups, excluding NO2 is 1. The van der Waals surface area contributed by atoms with Crippen molar-refractivity contribution in [3.05, 3.63) is 58.5 Å². The van der Waals surface area contributed by atoms with Crippen LogP contribution in [0.4, 0.5) is 0 Å². The van der Waals surface area contributed by atoms with Gasteiger partial charge in [-0.3, -0.25) is 0 Å². The lowest BCUT2D eigenvalue weighted by Gasteiger charge is -2.21. The molecule has 2 aliphatic carbocycles. The Bertz CT molecular complexity index is 899. The predicted octanol–water partition coefficient (Wildman–Crippen LogP) is 7.18. The lowest BCUT2D eigenvalue weighted by Crippen LogP contribution is -2.05. The van der Waals surface area contributed by atoms with Crippen molar-refractivity contribution in [2.45, 2.75) is 64.1 Å². The summed E-state index contributed by atoms with van der Waals surface area (Å²) in [6, 6.07) is 15.2. The van der Waals surface area contributed by atoms with Gasteiger partial charge < -0.3 is 0 Å². The highest BCUT2D eigenvalue weighted by Gasteiger charge is 2.33. The topological polar surface area (TPSA) is 29.4 Å². The Hall–Kier alpha value is -1.52. The molecular formula is C22H21NOS2. The summed E-state index contributed by atoms with van der Waals surface area (Å²) in [5.41, 5.74) is 4.00. The van der Waals surface area contributed by atoms with Crippen LogP contribution < -0.4 is 0 Å². The smallest absolute Gasteiger partial charge is 0.118 e. The van der Waals surface area contributed by atoms with Gasteiger partial charge in [0.2, 0.25) is 0 Å². The van der Waals surface area contributed by atoms with Crippen LogP contribution in [-0.4, -0.2) is 6.04 Å². The highest BCUT2D eigenvalue weighted by Crippen LogP contribution is 2.50. The fourth-order valence-corrected chi connectivity index (χ4v) is 6.92. The van der Waals surface area contributed by atoms with Gasteiger partial charge in [0.15, 0.2) is 0 Å². The van der Waals surface area contributed by atoms with Gasteiger partial charge in [-0.1, -0.05) is 65.3 Å². The Labute approximate surface area is 162 Å². The molecule has 0 radical (unpaired) electrons. The second-order valence-electron chi connectivity index (χ2n) is 7.39. The summed E-state index contributed by atoms with van der Waals surface area (Å²) in [6.07, 6.45) is 7.17. The number of hydrogen-bond acceptors (Lipinski definition) is 4. The summed E-state index contributed by atoms with van der Waals surface area (Å²) in [5.74, 6) is 0.676. The first kappa shape index (κ1) is 16.6. The largest absolute Gasteiger partial charge is 0.150 e. The zero-order valence-corrected chi connectivity index (χ0v) is 16.2. The molecule has 0 saturated heterocycles. The van der Waals surface area contributed by atoms with E-state index in [1.54, 1.807) is 0 Å². The lowest BCUT2D eigenvalue weighted by atomic mass is 9.90. The zero-order chi connectivity index (χ0) is 17.5. The molecule has 1 atom stereocenters. The van der Waals surface area contributed by atoms with Crippen LogP contribution in [0.1, 0.15) is 44.1 Å². The van der Waals surface area contributed by atoms with E-state index in [0.29, 0.717) is 5.92 Å². The van der Waals surface area contributed by atoms with Gasteiger partial charge >= 0.3 is 0 Å². The number of benzene rings is 2. The molecule has 2 aromatic rings. The molecule has 0 N–H and O–H groups in total. The van der Waals surface area contributed by atoms with E-state index in [1.807, 2.05) is 23.5 Å². The summed E-state index contributed by atoms with van der Waals surface area (Å²) in [4.78, 5) is 16.8. The number of fused-ring (bicyclic) bond motifs is 2.